The van der Waals surface area contributed by atoms with E-state index in [9.17, 15) is 36.6 Å². The number of unbranched alkanes of at least 4 members (excludes halogenated alkanes) is 2. The molecule has 2 atom stereocenters. The molecule has 5 rings (SSSR count). The van der Waals surface area contributed by atoms with Crippen LogP contribution in [0.5, 0.6) is 0 Å². The molecule has 1 heterocycles. The fourth-order valence-corrected chi connectivity index (χ4v) is 6.19. The van der Waals surface area contributed by atoms with Crippen LogP contribution < -0.4 is 10.6 Å². The Morgan fingerprint density at radius 1 is 1.02 bits per heavy atom. The van der Waals surface area contributed by atoms with Crippen LogP contribution in [0, 0.1) is 11.6 Å². The van der Waals surface area contributed by atoms with E-state index in [4.69, 9.17) is 0 Å². The Kier molecular flexibility index (Phi) is 11.7. The molecule has 0 bridgehead atoms. The summed E-state index contributed by atoms with van der Waals surface area (Å²) in [5, 5.41) is 17.3. The van der Waals surface area contributed by atoms with Crippen molar-refractivity contribution in [2.75, 3.05) is 19.6 Å². The first-order valence-electron chi connectivity index (χ1n) is 15.7. The Balaban J connectivity index is 0.00000500. The first kappa shape index (κ1) is 36.3. The molecule has 0 spiro atoms. The van der Waals surface area contributed by atoms with Crippen molar-refractivity contribution in [1.82, 2.24) is 15.5 Å². The molecule has 2 aliphatic rings. The summed E-state index contributed by atoms with van der Waals surface area (Å²) in [6, 6.07) is 11.9. The Labute approximate surface area is 277 Å². The summed E-state index contributed by atoms with van der Waals surface area (Å²) in [4.78, 5) is 28.7. The number of halogens is 6. The molecule has 2 amide bonds. The maximum atomic E-state index is 14.1. The molecular formula is C35H39ClF5N3O3. The van der Waals surface area contributed by atoms with E-state index in [1.165, 1.54) is 6.07 Å². The van der Waals surface area contributed by atoms with Crippen LogP contribution in [0.4, 0.5) is 22.0 Å². The third kappa shape index (κ3) is 8.69. The lowest BCUT2D eigenvalue weighted by Crippen LogP contribution is -2.50. The molecule has 254 valence electrons. The lowest BCUT2D eigenvalue weighted by atomic mass is 9.92. The van der Waals surface area contributed by atoms with E-state index >= 15 is 0 Å². The molecule has 3 N–H and O–H groups in total. The number of carbonyl (C=O) groups excluding carboxylic acids is 2. The second-order valence-electron chi connectivity index (χ2n) is 12.3. The number of carbonyl (C=O) groups is 2. The summed E-state index contributed by atoms with van der Waals surface area (Å²) in [5.74, 6) is -2.32. The number of rotatable bonds is 13. The molecule has 3 aromatic carbocycles. The third-order valence-corrected chi connectivity index (χ3v) is 8.90. The van der Waals surface area contributed by atoms with Gasteiger partial charge in [0, 0.05) is 42.4 Å². The molecule has 0 aromatic heterocycles. The zero-order valence-electron chi connectivity index (χ0n) is 26.0. The molecule has 1 aliphatic carbocycles. The minimum Gasteiger partial charge on any atom is -0.390 e. The van der Waals surface area contributed by atoms with Gasteiger partial charge >= 0.3 is 6.18 Å². The van der Waals surface area contributed by atoms with Crippen LogP contribution >= 0.6 is 12.4 Å². The van der Waals surface area contributed by atoms with Crippen LogP contribution in [0.3, 0.4) is 0 Å². The highest BCUT2D eigenvalue weighted by molar-refractivity contribution is 6.03. The summed E-state index contributed by atoms with van der Waals surface area (Å²) >= 11 is 0. The fraction of sp³-hybridized carbons (Fsp3) is 0.429. The number of aliphatic hydroxyl groups is 1. The van der Waals surface area contributed by atoms with E-state index in [0.717, 1.165) is 49.6 Å². The minimum absolute atomic E-state index is 0. The maximum absolute atomic E-state index is 14.1. The predicted octanol–water partition coefficient (Wildman–Crippen LogP) is 6.57. The van der Waals surface area contributed by atoms with Crippen LogP contribution in [0.1, 0.15) is 82.0 Å². The molecule has 0 radical (unpaired) electrons. The molecule has 1 fully saturated rings. The van der Waals surface area contributed by atoms with Gasteiger partial charge in [-0.2, -0.15) is 13.2 Å². The van der Waals surface area contributed by atoms with E-state index in [2.05, 4.69) is 17.6 Å². The van der Waals surface area contributed by atoms with Gasteiger partial charge in [-0.15, -0.1) is 12.4 Å². The molecule has 1 aliphatic heterocycles. The van der Waals surface area contributed by atoms with Gasteiger partial charge < -0.3 is 20.6 Å². The van der Waals surface area contributed by atoms with Crippen LogP contribution in [0.15, 0.2) is 60.7 Å². The second kappa shape index (κ2) is 15.1. The summed E-state index contributed by atoms with van der Waals surface area (Å²) in [6.45, 7) is 3.08. The Hall–Kier alpha value is -3.54. The standard InChI is InChI=1S/C35H38F5N3O3.ClH/c1-2-3-4-14-43-15-11-27-28(9-6-10-29(27)33(43)46)32(45)42-30(18-22-16-25(36)20-26(37)17-22)31(44)21-41-34(12-13-34)23-7-5-8-24(19-23)35(38,39)40;/h5-10,16-17,19-20,30-31,41,44H,2-4,11-15,18,21H2,1H3,(H,42,45);1H/t30-,31+;/m0./s1. The van der Waals surface area contributed by atoms with Crippen LogP contribution in [-0.4, -0.2) is 53.6 Å². The van der Waals surface area contributed by atoms with Crippen molar-refractivity contribution in [1.29, 1.82) is 0 Å². The van der Waals surface area contributed by atoms with Crippen molar-refractivity contribution < 1.29 is 36.6 Å². The fourth-order valence-electron chi connectivity index (χ4n) is 6.19. The van der Waals surface area contributed by atoms with Crippen molar-refractivity contribution in [3.05, 3.63) is 106 Å². The number of amides is 2. The monoisotopic (exact) mass is 679 g/mol. The van der Waals surface area contributed by atoms with Crippen LogP contribution in [0.2, 0.25) is 0 Å². The van der Waals surface area contributed by atoms with Gasteiger partial charge in [0.15, 0.2) is 0 Å². The molecule has 12 heteroatoms. The Bertz CT molecular complexity index is 1560. The highest BCUT2D eigenvalue weighted by atomic mass is 35.5. The van der Waals surface area contributed by atoms with Gasteiger partial charge in [-0.05, 0) is 85.2 Å². The zero-order valence-corrected chi connectivity index (χ0v) is 26.8. The first-order valence-corrected chi connectivity index (χ1v) is 15.7. The quantitative estimate of drug-likeness (QED) is 0.141. The van der Waals surface area contributed by atoms with E-state index < -0.39 is 47.0 Å². The van der Waals surface area contributed by atoms with Gasteiger partial charge in [-0.3, -0.25) is 9.59 Å². The van der Waals surface area contributed by atoms with E-state index in [1.807, 2.05) is 0 Å². The lowest BCUT2D eigenvalue weighted by molar-refractivity contribution is -0.137. The zero-order chi connectivity index (χ0) is 33.1. The molecule has 0 saturated heterocycles. The smallest absolute Gasteiger partial charge is 0.390 e. The number of hydrogen-bond acceptors (Lipinski definition) is 4. The molecule has 0 unspecified atom stereocenters. The number of hydrogen-bond donors (Lipinski definition) is 3. The van der Waals surface area contributed by atoms with Crippen molar-refractivity contribution in [2.24, 2.45) is 0 Å². The van der Waals surface area contributed by atoms with Crippen LogP contribution in [-0.2, 0) is 24.6 Å². The Morgan fingerprint density at radius 2 is 1.72 bits per heavy atom. The number of benzene rings is 3. The number of nitrogens with zero attached hydrogens (tertiary/aromatic N) is 1. The number of nitrogens with one attached hydrogen (secondary N) is 2. The summed E-state index contributed by atoms with van der Waals surface area (Å²) in [7, 11) is 0. The van der Waals surface area contributed by atoms with Crippen molar-refractivity contribution in [3.63, 3.8) is 0 Å². The number of alkyl halides is 3. The van der Waals surface area contributed by atoms with E-state index in [1.54, 1.807) is 29.2 Å². The van der Waals surface area contributed by atoms with Crippen molar-refractivity contribution >= 4 is 24.2 Å². The molecule has 1 saturated carbocycles. The number of aliphatic hydroxyl groups excluding tert-OH is 1. The van der Waals surface area contributed by atoms with E-state index in [-0.39, 0.29) is 42.4 Å². The van der Waals surface area contributed by atoms with E-state index in [0.29, 0.717) is 49.0 Å². The predicted molar refractivity (Wildman–Crippen MR) is 171 cm³/mol. The summed E-state index contributed by atoms with van der Waals surface area (Å²) in [6.07, 6.45) is -1.42. The second-order valence-corrected chi connectivity index (χ2v) is 12.3. The first-order chi connectivity index (χ1) is 21.9. The van der Waals surface area contributed by atoms with Gasteiger partial charge in [-0.25, -0.2) is 8.78 Å². The van der Waals surface area contributed by atoms with Gasteiger partial charge in [0.1, 0.15) is 11.6 Å². The van der Waals surface area contributed by atoms with Crippen molar-refractivity contribution in [3.8, 4) is 0 Å². The average Bonchev–Trinajstić information content (AvgIpc) is 3.81. The molecule has 3 aromatic rings. The Morgan fingerprint density at radius 3 is 2.38 bits per heavy atom. The highest BCUT2D eigenvalue weighted by Gasteiger charge is 2.45. The van der Waals surface area contributed by atoms with Gasteiger partial charge in [0.25, 0.3) is 11.8 Å². The number of fused-ring (bicyclic) bond motifs is 1. The minimum atomic E-state index is -4.50. The SMILES string of the molecule is CCCCCN1CCc2c(C(=O)N[C@@H](Cc3cc(F)cc(F)c3)[C@H](O)CNC3(c4cccc(C(F)(F)F)c4)CC3)cccc2C1=O.Cl. The largest absolute Gasteiger partial charge is 0.416 e. The normalized spacial score (nSPS) is 16.6. The highest BCUT2D eigenvalue weighted by Crippen LogP contribution is 2.46. The van der Waals surface area contributed by atoms with Gasteiger partial charge in [-0.1, -0.05) is 38.0 Å². The third-order valence-electron chi connectivity index (χ3n) is 8.90. The topological polar surface area (TPSA) is 81.7 Å². The van der Waals surface area contributed by atoms with Gasteiger partial charge in [0.05, 0.1) is 17.7 Å². The van der Waals surface area contributed by atoms with Gasteiger partial charge in [0.2, 0.25) is 0 Å². The molecule has 47 heavy (non-hydrogen) atoms. The molecular weight excluding hydrogens is 641 g/mol. The average molecular weight is 680 g/mol. The summed E-state index contributed by atoms with van der Waals surface area (Å²) < 4.78 is 68.2. The molecule has 6 nitrogen and oxygen atoms in total. The lowest BCUT2D eigenvalue weighted by Gasteiger charge is -2.31. The van der Waals surface area contributed by atoms with Crippen LogP contribution in [0.25, 0.3) is 0 Å². The summed E-state index contributed by atoms with van der Waals surface area (Å²) in [5.41, 5.74) is 0.409. The van der Waals surface area contributed by atoms with Crippen molar-refractivity contribution in [2.45, 2.75) is 75.7 Å². The maximum Gasteiger partial charge on any atom is 0.416 e.